The second kappa shape index (κ2) is 9.09. The van der Waals surface area contributed by atoms with Gasteiger partial charge in [0.1, 0.15) is 6.10 Å². The lowest BCUT2D eigenvalue weighted by Crippen LogP contribution is -2.39. The van der Waals surface area contributed by atoms with E-state index in [1.807, 2.05) is 0 Å². The number of benzene rings is 1. The molecule has 4 rings (SSSR count). The zero-order chi connectivity index (χ0) is 21.0. The molecule has 160 valence electrons. The van der Waals surface area contributed by atoms with E-state index in [-0.39, 0.29) is 22.9 Å². The van der Waals surface area contributed by atoms with Crippen LogP contribution in [-0.2, 0) is 10.0 Å². The van der Waals surface area contributed by atoms with Crippen LogP contribution in [0.2, 0.25) is 0 Å². The monoisotopic (exact) mass is 430 g/mol. The molecule has 9 heteroatoms. The van der Waals surface area contributed by atoms with E-state index < -0.39 is 10.0 Å². The molecule has 0 unspecified atom stereocenters. The van der Waals surface area contributed by atoms with Crippen LogP contribution in [-0.4, -0.2) is 53.8 Å². The number of aromatic nitrogens is 2. The fourth-order valence-electron chi connectivity index (χ4n) is 3.97. The lowest BCUT2D eigenvalue weighted by molar-refractivity contribution is 0.0889. The van der Waals surface area contributed by atoms with Crippen LogP contribution in [0.4, 0.5) is 0 Å². The van der Waals surface area contributed by atoms with Crippen LogP contribution >= 0.6 is 0 Å². The van der Waals surface area contributed by atoms with Crippen molar-refractivity contribution in [2.45, 2.75) is 55.6 Å². The number of nitrogens with one attached hydrogen (secondary N) is 1. The van der Waals surface area contributed by atoms with Gasteiger partial charge in [-0.15, -0.1) is 0 Å². The maximum Gasteiger partial charge on any atom is 0.251 e. The largest absolute Gasteiger partial charge is 0.473 e. The molecule has 0 spiro atoms. The molecule has 1 saturated heterocycles. The second-order valence-corrected chi connectivity index (χ2v) is 9.68. The normalized spacial score (nSPS) is 22.5. The predicted octanol–water partition coefficient (Wildman–Crippen LogP) is 2.38. The number of carbonyl (C=O) groups excluding carboxylic acids is 1. The van der Waals surface area contributed by atoms with Crippen molar-refractivity contribution >= 4 is 15.9 Å². The first-order chi connectivity index (χ1) is 14.5. The van der Waals surface area contributed by atoms with E-state index in [4.69, 9.17) is 4.74 Å². The molecule has 1 aliphatic carbocycles. The van der Waals surface area contributed by atoms with Gasteiger partial charge in [0, 0.05) is 37.1 Å². The Bertz CT molecular complexity index is 952. The number of nitrogens with zero attached hydrogens (tertiary/aromatic N) is 3. The molecule has 0 bridgehead atoms. The van der Waals surface area contributed by atoms with Crippen LogP contribution in [0.15, 0.2) is 47.8 Å². The minimum absolute atomic E-state index is 0.0740. The van der Waals surface area contributed by atoms with Gasteiger partial charge in [-0.1, -0.05) is 0 Å². The third kappa shape index (κ3) is 4.79. The SMILES string of the molecule is O=C(NC1CCC(Oc2cnccn2)CC1)c1ccc(S(=O)(=O)N2CCCC2)cc1. The summed E-state index contributed by atoms with van der Waals surface area (Å²) in [6.07, 6.45) is 9.96. The molecule has 1 aromatic heterocycles. The molecule has 30 heavy (non-hydrogen) atoms. The molecular weight excluding hydrogens is 404 g/mol. The summed E-state index contributed by atoms with van der Waals surface area (Å²) in [5.74, 6) is 0.340. The van der Waals surface area contributed by atoms with E-state index in [9.17, 15) is 13.2 Å². The zero-order valence-electron chi connectivity index (χ0n) is 16.7. The lowest BCUT2D eigenvalue weighted by atomic mass is 9.92. The topological polar surface area (TPSA) is 101 Å². The molecule has 2 aromatic rings. The molecule has 2 fully saturated rings. The molecule has 0 radical (unpaired) electrons. The molecule has 1 N–H and O–H groups in total. The summed E-state index contributed by atoms with van der Waals surface area (Å²) in [5, 5.41) is 3.05. The molecule has 2 aliphatic rings. The van der Waals surface area contributed by atoms with Crippen molar-refractivity contribution in [3.8, 4) is 5.88 Å². The fraction of sp³-hybridized carbons (Fsp3) is 0.476. The average Bonchev–Trinajstić information content (AvgIpc) is 3.32. The molecule has 1 aliphatic heterocycles. The molecule has 1 amide bonds. The summed E-state index contributed by atoms with van der Waals surface area (Å²) < 4.78 is 32.5. The first kappa shape index (κ1) is 20.7. The predicted molar refractivity (Wildman–Crippen MR) is 111 cm³/mol. The minimum Gasteiger partial charge on any atom is -0.473 e. The van der Waals surface area contributed by atoms with Gasteiger partial charge in [-0.05, 0) is 62.8 Å². The van der Waals surface area contributed by atoms with Crippen molar-refractivity contribution in [3.63, 3.8) is 0 Å². The fourth-order valence-corrected chi connectivity index (χ4v) is 5.48. The van der Waals surface area contributed by atoms with Crippen LogP contribution in [0.3, 0.4) is 0 Å². The number of ether oxygens (including phenoxy) is 1. The van der Waals surface area contributed by atoms with Gasteiger partial charge in [0.2, 0.25) is 15.9 Å². The lowest BCUT2D eigenvalue weighted by Gasteiger charge is -2.29. The summed E-state index contributed by atoms with van der Waals surface area (Å²) in [5.41, 5.74) is 0.466. The third-order valence-corrected chi connectivity index (χ3v) is 7.57. The smallest absolute Gasteiger partial charge is 0.251 e. The van der Waals surface area contributed by atoms with Crippen molar-refractivity contribution < 1.29 is 17.9 Å². The van der Waals surface area contributed by atoms with E-state index in [0.717, 1.165) is 38.5 Å². The van der Waals surface area contributed by atoms with Crippen molar-refractivity contribution in [2.24, 2.45) is 0 Å². The Morgan fingerprint density at radius 3 is 2.37 bits per heavy atom. The Morgan fingerprint density at radius 2 is 1.73 bits per heavy atom. The van der Waals surface area contributed by atoms with Gasteiger partial charge < -0.3 is 10.1 Å². The van der Waals surface area contributed by atoms with Gasteiger partial charge in [-0.2, -0.15) is 4.31 Å². The van der Waals surface area contributed by atoms with Crippen LogP contribution in [0.5, 0.6) is 5.88 Å². The molecule has 1 saturated carbocycles. The van der Waals surface area contributed by atoms with Crippen LogP contribution in [0, 0.1) is 0 Å². The van der Waals surface area contributed by atoms with E-state index in [1.54, 1.807) is 30.7 Å². The average molecular weight is 431 g/mol. The van der Waals surface area contributed by atoms with E-state index >= 15 is 0 Å². The molecular formula is C21H26N4O4S. The number of hydrogen-bond donors (Lipinski definition) is 1. The van der Waals surface area contributed by atoms with Crippen molar-refractivity contribution in [3.05, 3.63) is 48.4 Å². The summed E-state index contributed by atoms with van der Waals surface area (Å²) in [6.45, 7) is 1.13. The summed E-state index contributed by atoms with van der Waals surface area (Å²) in [6, 6.07) is 6.29. The summed E-state index contributed by atoms with van der Waals surface area (Å²) in [7, 11) is -3.46. The van der Waals surface area contributed by atoms with Crippen molar-refractivity contribution in [1.29, 1.82) is 0 Å². The first-order valence-electron chi connectivity index (χ1n) is 10.4. The van der Waals surface area contributed by atoms with Gasteiger partial charge in [-0.25, -0.2) is 13.4 Å². The third-order valence-electron chi connectivity index (χ3n) is 5.66. The van der Waals surface area contributed by atoms with Crippen LogP contribution < -0.4 is 10.1 Å². The Kier molecular flexibility index (Phi) is 6.29. The van der Waals surface area contributed by atoms with Crippen molar-refractivity contribution in [2.75, 3.05) is 13.1 Å². The second-order valence-electron chi connectivity index (χ2n) is 7.74. The van der Waals surface area contributed by atoms with Gasteiger partial charge in [0.15, 0.2) is 0 Å². The van der Waals surface area contributed by atoms with Gasteiger partial charge in [0.05, 0.1) is 11.1 Å². The van der Waals surface area contributed by atoms with Gasteiger partial charge in [0.25, 0.3) is 5.91 Å². The molecule has 8 nitrogen and oxygen atoms in total. The van der Waals surface area contributed by atoms with Gasteiger partial charge in [-0.3, -0.25) is 9.78 Å². The number of rotatable bonds is 6. The maximum absolute atomic E-state index is 12.6. The molecule has 2 heterocycles. The Morgan fingerprint density at radius 1 is 1.03 bits per heavy atom. The van der Waals surface area contributed by atoms with Gasteiger partial charge >= 0.3 is 0 Å². The number of carbonyl (C=O) groups is 1. The van der Waals surface area contributed by atoms with E-state index in [2.05, 4.69) is 15.3 Å². The highest BCUT2D eigenvalue weighted by molar-refractivity contribution is 7.89. The quantitative estimate of drug-likeness (QED) is 0.755. The van der Waals surface area contributed by atoms with E-state index in [1.165, 1.54) is 16.4 Å². The first-order valence-corrected chi connectivity index (χ1v) is 11.8. The number of sulfonamides is 1. The van der Waals surface area contributed by atoms with E-state index in [0.29, 0.717) is 24.5 Å². The summed E-state index contributed by atoms with van der Waals surface area (Å²) in [4.78, 5) is 20.9. The highest BCUT2D eigenvalue weighted by Crippen LogP contribution is 2.24. The Hall–Kier alpha value is -2.52. The molecule has 1 aromatic carbocycles. The van der Waals surface area contributed by atoms with Crippen LogP contribution in [0.1, 0.15) is 48.9 Å². The Labute approximate surface area is 176 Å². The highest BCUT2D eigenvalue weighted by atomic mass is 32.2. The summed E-state index contributed by atoms with van der Waals surface area (Å²) >= 11 is 0. The molecule has 0 atom stereocenters. The zero-order valence-corrected chi connectivity index (χ0v) is 17.6. The van der Waals surface area contributed by atoms with Crippen molar-refractivity contribution in [1.82, 2.24) is 19.6 Å². The minimum atomic E-state index is -3.46. The number of amides is 1. The van der Waals surface area contributed by atoms with Crippen LogP contribution in [0.25, 0.3) is 0 Å². The number of hydrogen-bond acceptors (Lipinski definition) is 6. The standard InChI is InChI=1S/C21H26N4O4S/c26-21(16-3-9-19(10-4-16)30(27,28)25-13-1-2-14-25)24-17-5-7-18(8-6-17)29-20-15-22-11-12-23-20/h3-4,9-12,15,17-18H,1-2,5-8,13-14H2,(H,24,26). The maximum atomic E-state index is 12.6. The highest BCUT2D eigenvalue weighted by Gasteiger charge is 2.28. The Balaban J connectivity index is 1.29.